The first-order valence-electron chi connectivity index (χ1n) is 7.14. The second kappa shape index (κ2) is 7.63. The van der Waals surface area contributed by atoms with Crippen molar-refractivity contribution in [3.05, 3.63) is 65.2 Å². The minimum Gasteiger partial charge on any atom is -0.494 e. The van der Waals surface area contributed by atoms with E-state index >= 15 is 0 Å². The molecule has 2 aromatic rings. The minimum absolute atomic E-state index is 0.128. The Morgan fingerprint density at radius 1 is 1.17 bits per heavy atom. The Balaban J connectivity index is 2.05. The Morgan fingerprint density at radius 2 is 1.83 bits per heavy atom. The highest BCUT2D eigenvalue weighted by atomic mass is 19.4. The topological polar surface area (TPSA) is 50.7 Å². The first-order valence-corrected chi connectivity index (χ1v) is 7.14. The molecule has 0 aliphatic heterocycles. The van der Waals surface area contributed by atoms with Crippen LogP contribution in [0.4, 0.5) is 13.2 Å². The van der Waals surface area contributed by atoms with Crippen molar-refractivity contribution >= 4 is 12.1 Å². The van der Waals surface area contributed by atoms with Crippen molar-refractivity contribution in [1.82, 2.24) is 5.43 Å². The Morgan fingerprint density at radius 3 is 2.46 bits per heavy atom. The van der Waals surface area contributed by atoms with Crippen LogP contribution in [0.2, 0.25) is 0 Å². The molecule has 0 heterocycles. The lowest BCUT2D eigenvalue weighted by atomic mass is 10.1. The van der Waals surface area contributed by atoms with Crippen molar-refractivity contribution < 1.29 is 22.7 Å². The Kier molecular flexibility index (Phi) is 5.57. The standard InChI is InChI=1S/C17H15F3N2O2/c1-2-24-14-9-7-12(8-10-14)16(23)22-21-11-13-5-3-4-6-15(13)17(18,19)20/h3-11H,2H2,1H3,(H,22,23)/b21-11+. The molecule has 0 aromatic heterocycles. The zero-order chi connectivity index (χ0) is 17.6. The molecule has 0 saturated heterocycles. The fourth-order valence-corrected chi connectivity index (χ4v) is 1.96. The summed E-state index contributed by atoms with van der Waals surface area (Å²) in [4.78, 5) is 11.9. The minimum atomic E-state index is -4.48. The molecule has 24 heavy (non-hydrogen) atoms. The fraction of sp³-hybridized carbons (Fsp3) is 0.176. The molecule has 4 nitrogen and oxygen atoms in total. The number of hydrogen-bond acceptors (Lipinski definition) is 3. The molecule has 0 spiro atoms. The molecule has 0 fully saturated rings. The van der Waals surface area contributed by atoms with E-state index in [1.807, 2.05) is 6.92 Å². The number of ether oxygens (including phenoxy) is 1. The Labute approximate surface area is 137 Å². The van der Waals surface area contributed by atoms with Gasteiger partial charge in [0.05, 0.1) is 18.4 Å². The number of rotatable bonds is 5. The van der Waals surface area contributed by atoms with Gasteiger partial charge in [-0.15, -0.1) is 0 Å². The zero-order valence-corrected chi connectivity index (χ0v) is 12.8. The summed E-state index contributed by atoms with van der Waals surface area (Å²) >= 11 is 0. The van der Waals surface area contributed by atoms with Crippen molar-refractivity contribution in [2.24, 2.45) is 5.10 Å². The maximum atomic E-state index is 12.8. The van der Waals surface area contributed by atoms with Gasteiger partial charge in [0.1, 0.15) is 5.75 Å². The molecule has 1 N–H and O–H groups in total. The quantitative estimate of drug-likeness (QED) is 0.666. The van der Waals surface area contributed by atoms with E-state index in [0.29, 0.717) is 17.9 Å². The van der Waals surface area contributed by atoms with E-state index in [1.54, 1.807) is 24.3 Å². The summed E-state index contributed by atoms with van der Waals surface area (Å²) in [5.74, 6) is 0.0930. The molecule has 0 saturated carbocycles. The second-order valence-electron chi connectivity index (χ2n) is 4.74. The average molecular weight is 336 g/mol. The van der Waals surface area contributed by atoms with Crippen LogP contribution in [0.25, 0.3) is 0 Å². The van der Waals surface area contributed by atoms with Crippen molar-refractivity contribution in [3.8, 4) is 5.75 Å². The monoisotopic (exact) mass is 336 g/mol. The number of carbonyl (C=O) groups is 1. The maximum Gasteiger partial charge on any atom is 0.417 e. The molecule has 0 aliphatic rings. The van der Waals surface area contributed by atoms with Crippen LogP contribution in [0.15, 0.2) is 53.6 Å². The number of carbonyl (C=O) groups excluding carboxylic acids is 1. The van der Waals surface area contributed by atoms with Crippen LogP contribution >= 0.6 is 0 Å². The van der Waals surface area contributed by atoms with Crippen LogP contribution in [-0.2, 0) is 6.18 Å². The van der Waals surface area contributed by atoms with E-state index in [1.165, 1.54) is 18.2 Å². The molecule has 7 heteroatoms. The van der Waals surface area contributed by atoms with Gasteiger partial charge in [-0.1, -0.05) is 18.2 Å². The van der Waals surface area contributed by atoms with Gasteiger partial charge in [0, 0.05) is 11.1 Å². The number of nitrogens with one attached hydrogen (secondary N) is 1. The average Bonchev–Trinajstić information content (AvgIpc) is 2.55. The third kappa shape index (κ3) is 4.58. The summed E-state index contributed by atoms with van der Waals surface area (Å²) in [6.45, 7) is 2.35. The van der Waals surface area contributed by atoms with Crippen molar-refractivity contribution in [2.45, 2.75) is 13.1 Å². The second-order valence-corrected chi connectivity index (χ2v) is 4.74. The largest absolute Gasteiger partial charge is 0.494 e. The summed E-state index contributed by atoms with van der Waals surface area (Å²) in [6, 6.07) is 11.3. The summed E-state index contributed by atoms with van der Waals surface area (Å²) in [6.07, 6.45) is -3.52. The number of nitrogens with zero attached hydrogens (tertiary/aromatic N) is 1. The molecule has 126 valence electrons. The Bertz CT molecular complexity index is 725. The van der Waals surface area contributed by atoms with Crippen LogP contribution in [-0.4, -0.2) is 18.7 Å². The lowest BCUT2D eigenvalue weighted by molar-refractivity contribution is -0.137. The van der Waals surface area contributed by atoms with Crippen LogP contribution in [0, 0.1) is 0 Å². The lowest BCUT2D eigenvalue weighted by Crippen LogP contribution is -2.18. The van der Waals surface area contributed by atoms with Crippen LogP contribution in [0.3, 0.4) is 0 Å². The van der Waals surface area contributed by atoms with E-state index in [2.05, 4.69) is 10.5 Å². The smallest absolute Gasteiger partial charge is 0.417 e. The van der Waals surface area contributed by atoms with Gasteiger partial charge in [-0.2, -0.15) is 18.3 Å². The molecule has 1 amide bonds. The summed E-state index contributed by atoms with van der Waals surface area (Å²) in [5.41, 5.74) is 1.58. The summed E-state index contributed by atoms with van der Waals surface area (Å²) in [5, 5.41) is 3.60. The highest BCUT2D eigenvalue weighted by Gasteiger charge is 2.32. The highest BCUT2D eigenvalue weighted by Crippen LogP contribution is 2.31. The fourth-order valence-electron chi connectivity index (χ4n) is 1.96. The van der Waals surface area contributed by atoms with Gasteiger partial charge >= 0.3 is 6.18 Å². The van der Waals surface area contributed by atoms with Crippen LogP contribution < -0.4 is 10.2 Å². The van der Waals surface area contributed by atoms with E-state index in [9.17, 15) is 18.0 Å². The third-order valence-electron chi connectivity index (χ3n) is 3.06. The van der Waals surface area contributed by atoms with Crippen LogP contribution in [0.1, 0.15) is 28.4 Å². The number of halogens is 3. The highest BCUT2D eigenvalue weighted by molar-refractivity contribution is 5.95. The predicted molar refractivity (Wildman–Crippen MR) is 84.1 cm³/mol. The number of hydrazone groups is 1. The van der Waals surface area contributed by atoms with Gasteiger partial charge in [0.2, 0.25) is 0 Å². The normalized spacial score (nSPS) is 11.5. The number of benzene rings is 2. The molecule has 0 unspecified atom stereocenters. The number of amides is 1. The predicted octanol–water partition coefficient (Wildman–Crippen LogP) is 3.87. The molecular formula is C17H15F3N2O2. The van der Waals surface area contributed by atoms with Crippen LogP contribution in [0.5, 0.6) is 5.75 Å². The van der Waals surface area contributed by atoms with Gasteiger partial charge < -0.3 is 4.74 Å². The molecular weight excluding hydrogens is 321 g/mol. The van der Waals surface area contributed by atoms with Gasteiger partial charge in [-0.3, -0.25) is 4.79 Å². The SMILES string of the molecule is CCOc1ccc(C(=O)N/N=C/c2ccccc2C(F)(F)F)cc1. The van der Waals surface area contributed by atoms with E-state index < -0.39 is 17.6 Å². The summed E-state index contributed by atoms with van der Waals surface area (Å²) in [7, 11) is 0. The van der Waals surface area contributed by atoms with E-state index in [-0.39, 0.29) is 5.56 Å². The van der Waals surface area contributed by atoms with Gasteiger partial charge in [-0.25, -0.2) is 5.43 Å². The molecule has 2 aromatic carbocycles. The van der Waals surface area contributed by atoms with Gasteiger partial charge in [0.25, 0.3) is 5.91 Å². The first kappa shape index (κ1) is 17.5. The number of alkyl halides is 3. The van der Waals surface area contributed by atoms with E-state index in [4.69, 9.17) is 4.74 Å². The molecule has 0 radical (unpaired) electrons. The van der Waals surface area contributed by atoms with Crippen molar-refractivity contribution in [2.75, 3.05) is 6.61 Å². The third-order valence-corrected chi connectivity index (χ3v) is 3.06. The van der Waals surface area contributed by atoms with Gasteiger partial charge in [0.15, 0.2) is 0 Å². The zero-order valence-electron chi connectivity index (χ0n) is 12.8. The molecule has 0 atom stereocenters. The first-order chi connectivity index (χ1) is 11.4. The van der Waals surface area contributed by atoms with Crippen molar-refractivity contribution in [3.63, 3.8) is 0 Å². The molecule has 0 aliphatic carbocycles. The molecule has 2 rings (SSSR count). The van der Waals surface area contributed by atoms with Gasteiger partial charge in [-0.05, 0) is 37.3 Å². The summed E-state index contributed by atoms with van der Waals surface area (Å²) < 4.78 is 43.8. The maximum absolute atomic E-state index is 12.8. The van der Waals surface area contributed by atoms with Crippen molar-refractivity contribution in [1.29, 1.82) is 0 Å². The number of hydrogen-bond donors (Lipinski definition) is 1. The van der Waals surface area contributed by atoms with E-state index in [0.717, 1.165) is 12.3 Å². The lowest BCUT2D eigenvalue weighted by Gasteiger charge is -2.09. The molecule has 0 bridgehead atoms. The Hall–Kier alpha value is -2.83.